The van der Waals surface area contributed by atoms with Crippen LogP contribution >= 0.6 is 0 Å². The van der Waals surface area contributed by atoms with E-state index in [1.165, 1.54) is 0 Å². The topological polar surface area (TPSA) is 51.8 Å². The molecule has 0 aromatic carbocycles. The molecule has 0 aliphatic carbocycles. The third kappa shape index (κ3) is 2.58. The van der Waals surface area contributed by atoms with Crippen LogP contribution in [0.2, 0.25) is 0 Å². The van der Waals surface area contributed by atoms with Crippen LogP contribution in [0.15, 0.2) is 18.6 Å². The number of hydrogen-bond acceptors (Lipinski definition) is 3. The second kappa shape index (κ2) is 3.63. The molecule has 1 heterocycles. The van der Waals surface area contributed by atoms with Crippen LogP contribution in [0, 0.1) is 5.41 Å². The van der Waals surface area contributed by atoms with Crippen molar-refractivity contribution in [1.82, 2.24) is 9.97 Å². The Labute approximate surface area is 73.0 Å². The first-order valence-electron chi connectivity index (χ1n) is 4.09. The zero-order chi connectivity index (χ0) is 9.03. The summed E-state index contributed by atoms with van der Waals surface area (Å²) in [5, 5.41) is 0. The fraction of sp³-hybridized carbons (Fsp3) is 0.556. The summed E-state index contributed by atoms with van der Waals surface area (Å²) in [5.41, 5.74) is 6.73. The van der Waals surface area contributed by atoms with Crippen LogP contribution in [0.25, 0.3) is 0 Å². The molecule has 3 nitrogen and oxygen atoms in total. The molecule has 0 unspecified atom stereocenters. The molecule has 0 fully saturated rings. The molecule has 1 rings (SSSR count). The predicted octanol–water partition coefficient (Wildman–Crippen LogP) is 1.00. The predicted molar refractivity (Wildman–Crippen MR) is 48.6 cm³/mol. The third-order valence-electron chi connectivity index (χ3n) is 1.83. The van der Waals surface area contributed by atoms with Crippen LogP contribution in [-0.4, -0.2) is 16.5 Å². The number of hydrogen-bond donors (Lipinski definition) is 1. The Morgan fingerprint density at radius 1 is 1.42 bits per heavy atom. The van der Waals surface area contributed by atoms with Gasteiger partial charge in [-0.2, -0.15) is 0 Å². The monoisotopic (exact) mass is 165 g/mol. The van der Waals surface area contributed by atoms with Crippen LogP contribution in [0.3, 0.4) is 0 Å². The van der Waals surface area contributed by atoms with Crippen LogP contribution in [0.1, 0.15) is 19.5 Å². The lowest BCUT2D eigenvalue weighted by atomic mass is 9.88. The zero-order valence-electron chi connectivity index (χ0n) is 7.62. The van der Waals surface area contributed by atoms with Gasteiger partial charge in [0.25, 0.3) is 0 Å². The average Bonchev–Trinajstić information content (AvgIpc) is 2.06. The molecule has 0 aliphatic rings. The fourth-order valence-corrected chi connectivity index (χ4v) is 0.984. The highest BCUT2D eigenvalue weighted by Crippen LogP contribution is 2.17. The minimum atomic E-state index is 0.121. The van der Waals surface area contributed by atoms with Gasteiger partial charge in [0.15, 0.2) is 0 Å². The molecule has 66 valence electrons. The Hall–Kier alpha value is -0.960. The van der Waals surface area contributed by atoms with Crippen molar-refractivity contribution in [1.29, 1.82) is 0 Å². The molecular weight excluding hydrogens is 150 g/mol. The van der Waals surface area contributed by atoms with E-state index in [0.29, 0.717) is 6.54 Å². The molecule has 12 heavy (non-hydrogen) atoms. The van der Waals surface area contributed by atoms with E-state index in [1.54, 1.807) is 18.6 Å². The smallest absolute Gasteiger partial charge is 0.0592 e. The molecule has 0 saturated heterocycles. The van der Waals surface area contributed by atoms with E-state index < -0.39 is 0 Å². The van der Waals surface area contributed by atoms with Crippen molar-refractivity contribution in [3.8, 4) is 0 Å². The maximum absolute atomic E-state index is 5.61. The number of aromatic nitrogens is 2. The van der Waals surface area contributed by atoms with Gasteiger partial charge in [0.1, 0.15) is 0 Å². The van der Waals surface area contributed by atoms with Crippen molar-refractivity contribution in [2.24, 2.45) is 11.1 Å². The molecule has 0 radical (unpaired) electrons. The molecule has 0 bridgehead atoms. The summed E-state index contributed by atoms with van der Waals surface area (Å²) < 4.78 is 0. The van der Waals surface area contributed by atoms with Gasteiger partial charge in [0.2, 0.25) is 0 Å². The highest BCUT2D eigenvalue weighted by atomic mass is 14.8. The molecule has 1 aromatic rings. The Bertz CT molecular complexity index is 231. The van der Waals surface area contributed by atoms with Crippen molar-refractivity contribution < 1.29 is 0 Å². The van der Waals surface area contributed by atoms with Gasteiger partial charge in [-0.15, -0.1) is 0 Å². The normalized spacial score (nSPS) is 11.6. The highest BCUT2D eigenvalue weighted by Gasteiger charge is 2.16. The SMILES string of the molecule is CC(C)(CN)Cc1cnccn1. The quantitative estimate of drug-likeness (QED) is 0.727. The average molecular weight is 165 g/mol. The van der Waals surface area contributed by atoms with Crippen LogP contribution in [0.5, 0.6) is 0 Å². The lowest BCUT2D eigenvalue weighted by Gasteiger charge is -2.20. The summed E-state index contributed by atoms with van der Waals surface area (Å²) in [6.45, 7) is 4.92. The number of rotatable bonds is 3. The fourth-order valence-electron chi connectivity index (χ4n) is 0.984. The van der Waals surface area contributed by atoms with Gasteiger partial charge >= 0.3 is 0 Å². The van der Waals surface area contributed by atoms with E-state index in [1.807, 2.05) is 0 Å². The van der Waals surface area contributed by atoms with Crippen molar-refractivity contribution in [3.05, 3.63) is 24.3 Å². The summed E-state index contributed by atoms with van der Waals surface area (Å²) in [6, 6.07) is 0. The van der Waals surface area contributed by atoms with Crippen LogP contribution < -0.4 is 5.73 Å². The van der Waals surface area contributed by atoms with E-state index in [4.69, 9.17) is 5.73 Å². The summed E-state index contributed by atoms with van der Waals surface area (Å²) >= 11 is 0. The minimum Gasteiger partial charge on any atom is -0.330 e. The van der Waals surface area contributed by atoms with Gasteiger partial charge < -0.3 is 5.73 Å². The number of nitrogens with zero attached hydrogens (tertiary/aromatic N) is 2. The van der Waals surface area contributed by atoms with Gasteiger partial charge in [-0.3, -0.25) is 9.97 Å². The van der Waals surface area contributed by atoms with Crippen LogP contribution in [0.4, 0.5) is 0 Å². The Morgan fingerprint density at radius 2 is 2.17 bits per heavy atom. The zero-order valence-corrected chi connectivity index (χ0v) is 7.62. The van der Waals surface area contributed by atoms with Crippen molar-refractivity contribution in [2.45, 2.75) is 20.3 Å². The second-order valence-corrected chi connectivity index (χ2v) is 3.74. The van der Waals surface area contributed by atoms with E-state index >= 15 is 0 Å². The Kier molecular flexibility index (Phi) is 2.76. The largest absolute Gasteiger partial charge is 0.330 e. The van der Waals surface area contributed by atoms with E-state index in [-0.39, 0.29) is 5.41 Å². The van der Waals surface area contributed by atoms with E-state index in [2.05, 4.69) is 23.8 Å². The summed E-state index contributed by atoms with van der Waals surface area (Å²) in [6.07, 6.45) is 6.07. The van der Waals surface area contributed by atoms with Gasteiger partial charge in [0, 0.05) is 18.6 Å². The maximum atomic E-state index is 5.61. The minimum absolute atomic E-state index is 0.121. The van der Waals surface area contributed by atoms with Crippen LogP contribution in [-0.2, 0) is 6.42 Å². The molecule has 1 aromatic heterocycles. The first-order chi connectivity index (χ1) is 5.64. The first kappa shape index (κ1) is 9.13. The standard InChI is InChI=1S/C9H15N3/c1-9(2,7-10)5-8-6-11-3-4-12-8/h3-4,6H,5,7,10H2,1-2H3. The molecule has 0 spiro atoms. The third-order valence-corrected chi connectivity index (χ3v) is 1.83. The lowest BCUT2D eigenvalue weighted by Crippen LogP contribution is -2.26. The van der Waals surface area contributed by atoms with Gasteiger partial charge in [-0.05, 0) is 18.4 Å². The molecule has 0 aliphatic heterocycles. The van der Waals surface area contributed by atoms with E-state index in [0.717, 1.165) is 12.1 Å². The van der Waals surface area contributed by atoms with Crippen molar-refractivity contribution in [2.75, 3.05) is 6.54 Å². The first-order valence-corrected chi connectivity index (χ1v) is 4.09. The molecular formula is C9H15N3. The summed E-state index contributed by atoms with van der Waals surface area (Å²) in [7, 11) is 0. The maximum Gasteiger partial charge on any atom is 0.0592 e. The van der Waals surface area contributed by atoms with Gasteiger partial charge in [0.05, 0.1) is 5.69 Å². The number of nitrogens with two attached hydrogens (primary N) is 1. The van der Waals surface area contributed by atoms with Gasteiger partial charge in [-0.25, -0.2) is 0 Å². The molecule has 2 N–H and O–H groups in total. The second-order valence-electron chi connectivity index (χ2n) is 3.74. The summed E-state index contributed by atoms with van der Waals surface area (Å²) in [4.78, 5) is 8.19. The molecule has 3 heteroatoms. The Balaban J connectivity index is 2.64. The lowest BCUT2D eigenvalue weighted by molar-refractivity contribution is 0.372. The van der Waals surface area contributed by atoms with E-state index in [9.17, 15) is 0 Å². The highest BCUT2D eigenvalue weighted by molar-refractivity contribution is 4.98. The van der Waals surface area contributed by atoms with Crippen molar-refractivity contribution in [3.63, 3.8) is 0 Å². The molecule has 0 atom stereocenters. The summed E-state index contributed by atoms with van der Waals surface area (Å²) in [5.74, 6) is 0. The van der Waals surface area contributed by atoms with Crippen molar-refractivity contribution >= 4 is 0 Å². The van der Waals surface area contributed by atoms with Gasteiger partial charge in [-0.1, -0.05) is 13.8 Å². The molecule has 0 amide bonds. The molecule has 0 saturated carbocycles. The Morgan fingerprint density at radius 3 is 2.67 bits per heavy atom.